The van der Waals surface area contributed by atoms with Gasteiger partial charge in [0.2, 0.25) is 0 Å². The highest BCUT2D eigenvalue weighted by molar-refractivity contribution is 7.16. The SMILES string of the molecule is ClCC(Cc1ccc(Cl)cc1)Cc1ccc(Cl)s1. The molecule has 0 fully saturated rings. The fraction of sp³-hybridized carbons (Fsp3) is 0.286. The van der Waals surface area contributed by atoms with Gasteiger partial charge in [0.1, 0.15) is 0 Å². The Hall–Kier alpha value is -0.210. The van der Waals surface area contributed by atoms with E-state index in [2.05, 4.69) is 18.2 Å². The normalized spacial score (nSPS) is 12.6. The summed E-state index contributed by atoms with van der Waals surface area (Å²) < 4.78 is 0.838. The number of thiophene rings is 1. The van der Waals surface area contributed by atoms with Gasteiger partial charge in [0.15, 0.2) is 0 Å². The minimum absolute atomic E-state index is 0.433. The number of benzene rings is 1. The van der Waals surface area contributed by atoms with Crippen molar-refractivity contribution in [1.82, 2.24) is 0 Å². The Morgan fingerprint density at radius 2 is 1.67 bits per heavy atom. The van der Waals surface area contributed by atoms with Crippen LogP contribution in [0.1, 0.15) is 10.4 Å². The Kier molecular flexibility index (Phi) is 5.38. The molecule has 0 saturated heterocycles. The molecule has 0 aliphatic carbocycles. The molecule has 2 aromatic rings. The predicted octanol–water partition coefficient (Wildman–Crippen LogP) is 5.70. The van der Waals surface area contributed by atoms with Crippen molar-refractivity contribution in [3.05, 3.63) is 56.2 Å². The smallest absolute Gasteiger partial charge is 0.0931 e. The van der Waals surface area contributed by atoms with E-state index in [9.17, 15) is 0 Å². The molecule has 0 nitrogen and oxygen atoms in total. The molecule has 0 amide bonds. The molecule has 4 heteroatoms. The fourth-order valence-electron chi connectivity index (χ4n) is 1.88. The highest BCUT2D eigenvalue weighted by Gasteiger charge is 2.11. The van der Waals surface area contributed by atoms with Gasteiger partial charge in [0, 0.05) is 15.8 Å². The van der Waals surface area contributed by atoms with Crippen LogP contribution in [0.3, 0.4) is 0 Å². The van der Waals surface area contributed by atoms with Crippen molar-refractivity contribution < 1.29 is 0 Å². The predicted molar refractivity (Wildman–Crippen MR) is 82.4 cm³/mol. The van der Waals surface area contributed by atoms with Crippen LogP contribution in [0.15, 0.2) is 36.4 Å². The summed E-state index contributed by atoms with van der Waals surface area (Å²) in [6, 6.07) is 12.0. The van der Waals surface area contributed by atoms with Crippen molar-refractivity contribution in [2.45, 2.75) is 12.8 Å². The standard InChI is InChI=1S/C14H13Cl3S/c15-9-11(8-13-5-6-14(17)18-13)7-10-1-3-12(16)4-2-10/h1-6,11H,7-9H2. The van der Waals surface area contributed by atoms with E-state index in [1.165, 1.54) is 10.4 Å². The summed E-state index contributed by atoms with van der Waals surface area (Å²) in [5.74, 6) is 1.08. The molecule has 0 aliphatic rings. The van der Waals surface area contributed by atoms with E-state index in [-0.39, 0.29) is 0 Å². The van der Waals surface area contributed by atoms with E-state index >= 15 is 0 Å². The molecule has 1 unspecified atom stereocenters. The lowest BCUT2D eigenvalue weighted by atomic mass is 9.97. The van der Waals surface area contributed by atoms with Crippen molar-refractivity contribution in [2.75, 3.05) is 5.88 Å². The molecule has 0 aliphatic heterocycles. The average Bonchev–Trinajstić information content (AvgIpc) is 2.77. The van der Waals surface area contributed by atoms with Crippen LogP contribution in [0.2, 0.25) is 9.36 Å². The van der Waals surface area contributed by atoms with Gasteiger partial charge in [-0.1, -0.05) is 35.3 Å². The number of rotatable bonds is 5. The lowest BCUT2D eigenvalue weighted by Crippen LogP contribution is -2.09. The van der Waals surface area contributed by atoms with Gasteiger partial charge in [-0.3, -0.25) is 0 Å². The molecule has 18 heavy (non-hydrogen) atoms. The first-order valence-electron chi connectivity index (χ1n) is 5.72. The molecule has 96 valence electrons. The minimum atomic E-state index is 0.433. The molecular weight excluding hydrogens is 307 g/mol. The first-order valence-corrected chi connectivity index (χ1v) is 7.82. The summed E-state index contributed by atoms with van der Waals surface area (Å²) >= 11 is 19.5. The molecule has 1 aromatic heterocycles. The third-order valence-electron chi connectivity index (χ3n) is 2.77. The Labute approximate surface area is 126 Å². The monoisotopic (exact) mass is 318 g/mol. The summed E-state index contributed by atoms with van der Waals surface area (Å²) in [5, 5.41) is 0.770. The van der Waals surface area contributed by atoms with Gasteiger partial charge in [-0.15, -0.1) is 22.9 Å². The first kappa shape index (κ1) is 14.2. The third kappa shape index (κ3) is 4.17. The molecule has 0 bridgehead atoms. The molecule has 0 radical (unpaired) electrons. The lowest BCUT2D eigenvalue weighted by Gasteiger charge is -2.12. The second-order valence-electron chi connectivity index (χ2n) is 4.26. The van der Waals surface area contributed by atoms with Gasteiger partial charge in [0.25, 0.3) is 0 Å². The van der Waals surface area contributed by atoms with E-state index < -0.39 is 0 Å². The van der Waals surface area contributed by atoms with Gasteiger partial charge in [-0.25, -0.2) is 0 Å². The second-order valence-corrected chi connectivity index (χ2v) is 6.81. The highest BCUT2D eigenvalue weighted by atomic mass is 35.5. The third-order valence-corrected chi connectivity index (χ3v) is 4.72. The Bertz CT molecular complexity index is 490. The maximum atomic E-state index is 6.05. The maximum Gasteiger partial charge on any atom is 0.0931 e. The summed E-state index contributed by atoms with van der Waals surface area (Å²) in [4.78, 5) is 1.29. The van der Waals surface area contributed by atoms with Crippen LogP contribution in [0.25, 0.3) is 0 Å². The summed E-state index contributed by atoms with van der Waals surface area (Å²) in [6.45, 7) is 0. The molecule has 0 spiro atoms. The van der Waals surface area contributed by atoms with Crippen LogP contribution in [0.4, 0.5) is 0 Å². The molecule has 1 aromatic carbocycles. The maximum absolute atomic E-state index is 6.05. The zero-order valence-corrected chi connectivity index (χ0v) is 12.8. The van der Waals surface area contributed by atoms with E-state index in [4.69, 9.17) is 34.8 Å². The summed E-state index contributed by atoms with van der Waals surface area (Å²) in [7, 11) is 0. The number of hydrogen-bond acceptors (Lipinski definition) is 1. The summed E-state index contributed by atoms with van der Waals surface area (Å²) in [5.41, 5.74) is 1.27. The van der Waals surface area contributed by atoms with Crippen LogP contribution < -0.4 is 0 Å². The average molecular weight is 320 g/mol. The van der Waals surface area contributed by atoms with Gasteiger partial charge in [-0.2, -0.15) is 0 Å². The Balaban J connectivity index is 1.99. The molecule has 0 saturated carbocycles. The quantitative estimate of drug-likeness (QED) is 0.621. The van der Waals surface area contributed by atoms with Crippen LogP contribution in [0.5, 0.6) is 0 Å². The van der Waals surface area contributed by atoms with E-state index in [1.807, 2.05) is 18.2 Å². The largest absolute Gasteiger partial charge is 0.128 e. The van der Waals surface area contributed by atoms with Crippen molar-refractivity contribution in [2.24, 2.45) is 5.92 Å². The van der Waals surface area contributed by atoms with Gasteiger partial charge < -0.3 is 0 Å². The fourth-order valence-corrected chi connectivity index (χ4v) is 3.43. The Morgan fingerprint density at radius 1 is 0.944 bits per heavy atom. The second kappa shape index (κ2) is 6.81. The highest BCUT2D eigenvalue weighted by Crippen LogP contribution is 2.25. The molecule has 0 N–H and O–H groups in total. The van der Waals surface area contributed by atoms with Crippen molar-refractivity contribution >= 4 is 46.1 Å². The topological polar surface area (TPSA) is 0 Å². The van der Waals surface area contributed by atoms with Crippen molar-refractivity contribution in [3.63, 3.8) is 0 Å². The number of hydrogen-bond donors (Lipinski definition) is 0. The van der Waals surface area contributed by atoms with Crippen LogP contribution >= 0.6 is 46.1 Å². The van der Waals surface area contributed by atoms with Gasteiger partial charge in [-0.05, 0) is 48.6 Å². The zero-order valence-electron chi connectivity index (χ0n) is 9.70. The molecule has 1 atom stereocenters. The molecule has 2 rings (SSSR count). The lowest BCUT2D eigenvalue weighted by molar-refractivity contribution is 0.589. The van der Waals surface area contributed by atoms with E-state index in [0.29, 0.717) is 11.8 Å². The number of halogens is 3. The summed E-state index contributed by atoms with van der Waals surface area (Å²) in [6.07, 6.45) is 1.94. The van der Waals surface area contributed by atoms with Crippen molar-refractivity contribution in [3.8, 4) is 0 Å². The van der Waals surface area contributed by atoms with Gasteiger partial charge in [0.05, 0.1) is 4.34 Å². The zero-order chi connectivity index (χ0) is 13.0. The Morgan fingerprint density at radius 3 is 2.22 bits per heavy atom. The van der Waals surface area contributed by atoms with E-state index in [1.54, 1.807) is 11.3 Å². The minimum Gasteiger partial charge on any atom is -0.128 e. The first-order chi connectivity index (χ1) is 8.67. The molecular formula is C14H13Cl3S. The van der Waals surface area contributed by atoms with Crippen molar-refractivity contribution in [1.29, 1.82) is 0 Å². The van der Waals surface area contributed by atoms with Crippen LogP contribution in [-0.2, 0) is 12.8 Å². The van der Waals surface area contributed by atoms with Crippen LogP contribution in [0, 0.1) is 5.92 Å². The van der Waals surface area contributed by atoms with E-state index in [0.717, 1.165) is 22.2 Å². The van der Waals surface area contributed by atoms with Gasteiger partial charge >= 0.3 is 0 Å². The van der Waals surface area contributed by atoms with Crippen LogP contribution in [-0.4, -0.2) is 5.88 Å². The number of alkyl halides is 1. The molecule has 1 heterocycles.